The maximum atomic E-state index is 12.5. The smallest absolute Gasteiger partial charge is 0.227 e. The Morgan fingerprint density at radius 2 is 1.95 bits per heavy atom. The molecule has 0 atom stereocenters. The molecule has 0 unspecified atom stereocenters. The maximum Gasteiger partial charge on any atom is 0.227 e. The van der Waals surface area contributed by atoms with E-state index in [0.29, 0.717) is 11.3 Å². The highest BCUT2D eigenvalue weighted by molar-refractivity contribution is 5.92. The first-order valence-electron chi connectivity index (χ1n) is 8.47. The van der Waals surface area contributed by atoms with E-state index in [1.54, 1.807) is 12.4 Å². The first-order valence-corrected chi connectivity index (χ1v) is 8.47. The van der Waals surface area contributed by atoms with E-state index in [0.717, 1.165) is 31.4 Å². The van der Waals surface area contributed by atoms with Gasteiger partial charge in [0.05, 0.1) is 11.9 Å². The van der Waals surface area contributed by atoms with Gasteiger partial charge in [-0.05, 0) is 54.6 Å². The number of carbonyl (C=O) groups excluding carboxylic acids is 1. The number of amides is 1. The van der Waals surface area contributed by atoms with E-state index >= 15 is 0 Å². The number of nitrogens with one attached hydrogen (secondary N) is 1. The highest BCUT2D eigenvalue weighted by Crippen LogP contribution is 2.55. The van der Waals surface area contributed by atoms with Crippen LogP contribution in [0.1, 0.15) is 60.3 Å². The fourth-order valence-corrected chi connectivity index (χ4v) is 4.27. The van der Waals surface area contributed by atoms with Gasteiger partial charge in [-0.15, -0.1) is 0 Å². The van der Waals surface area contributed by atoms with Gasteiger partial charge in [-0.2, -0.15) is 0 Å². The third-order valence-electron chi connectivity index (χ3n) is 5.78. The second-order valence-corrected chi connectivity index (χ2v) is 8.07. The topological polar surface area (TPSA) is 42.0 Å². The third-order valence-corrected chi connectivity index (χ3v) is 5.78. The van der Waals surface area contributed by atoms with Crippen LogP contribution in [-0.2, 0) is 4.79 Å². The molecule has 2 rings (SSSR count). The third kappa shape index (κ3) is 3.34. The molecule has 1 aliphatic rings. The zero-order chi connectivity index (χ0) is 16.4. The molecule has 22 heavy (non-hydrogen) atoms. The quantitative estimate of drug-likeness (QED) is 0.863. The molecule has 0 radical (unpaired) electrons. The molecule has 3 nitrogen and oxygen atoms in total. The van der Waals surface area contributed by atoms with Crippen LogP contribution in [0.3, 0.4) is 0 Å². The number of hydrogen-bond donors (Lipinski definition) is 1. The van der Waals surface area contributed by atoms with Crippen LogP contribution in [0.15, 0.2) is 24.5 Å². The fraction of sp³-hybridized carbons (Fsp3) is 0.684. The molecule has 1 aromatic heterocycles. The van der Waals surface area contributed by atoms with Crippen molar-refractivity contribution in [3.8, 4) is 0 Å². The van der Waals surface area contributed by atoms with Crippen molar-refractivity contribution < 1.29 is 4.79 Å². The number of nitrogens with zero attached hydrogens (tertiary/aromatic N) is 1. The van der Waals surface area contributed by atoms with Gasteiger partial charge in [0, 0.05) is 12.1 Å². The van der Waals surface area contributed by atoms with E-state index in [2.05, 4.69) is 44.9 Å². The molecular weight excluding hydrogens is 272 g/mol. The molecule has 1 N–H and O–H groups in total. The Morgan fingerprint density at radius 3 is 2.41 bits per heavy atom. The molecule has 1 amide bonds. The largest absolute Gasteiger partial charge is 0.324 e. The van der Waals surface area contributed by atoms with Crippen LogP contribution in [0.25, 0.3) is 0 Å². The van der Waals surface area contributed by atoms with Gasteiger partial charge < -0.3 is 5.32 Å². The predicted molar refractivity (Wildman–Crippen MR) is 91.6 cm³/mol. The van der Waals surface area contributed by atoms with Gasteiger partial charge >= 0.3 is 0 Å². The normalized spacial score (nSPS) is 26.0. The SMILES string of the molecule is CC(C)C1(C(C)(C)C)CCC(C(=O)Nc2cccnc2)CC1. The van der Waals surface area contributed by atoms with E-state index in [1.165, 1.54) is 0 Å². The average molecular weight is 302 g/mol. The highest BCUT2D eigenvalue weighted by atomic mass is 16.1. The van der Waals surface area contributed by atoms with Gasteiger partial charge in [-0.25, -0.2) is 0 Å². The summed E-state index contributed by atoms with van der Waals surface area (Å²) in [4.78, 5) is 16.5. The summed E-state index contributed by atoms with van der Waals surface area (Å²) in [6, 6.07) is 3.74. The van der Waals surface area contributed by atoms with Gasteiger partial charge in [-0.1, -0.05) is 34.6 Å². The standard InChI is InChI=1S/C19H30N2O/c1-14(2)19(18(3,4)5)10-8-15(9-11-19)17(22)21-16-7-6-12-20-13-16/h6-7,12-15H,8-11H2,1-5H3,(H,21,22). The zero-order valence-corrected chi connectivity index (χ0v) is 14.6. The summed E-state index contributed by atoms with van der Waals surface area (Å²) in [7, 11) is 0. The summed E-state index contributed by atoms with van der Waals surface area (Å²) in [5.74, 6) is 0.934. The fourth-order valence-electron chi connectivity index (χ4n) is 4.27. The zero-order valence-electron chi connectivity index (χ0n) is 14.6. The van der Waals surface area contributed by atoms with Crippen molar-refractivity contribution in [2.45, 2.75) is 60.3 Å². The molecule has 0 saturated heterocycles. The Labute approximate surface area is 134 Å². The van der Waals surface area contributed by atoms with Crippen LogP contribution in [-0.4, -0.2) is 10.9 Å². The average Bonchev–Trinajstić information content (AvgIpc) is 2.47. The second-order valence-electron chi connectivity index (χ2n) is 8.07. The molecule has 122 valence electrons. The number of rotatable bonds is 3. The molecule has 0 spiro atoms. The predicted octanol–water partition coefficient (Wildman–Crippen LogP) is 4.90. The Kier molecular flexibility index (Phi) is 4.93. The van der Waals surface area contributed by atoms with Crippen molar-refractivity contribution in [2.24, 2.45) is 22.7 Å². The van der Waals surface area contributed by atoms with Crippen molar-refractivity contribution in [3.63, 3.8) is 0 Å². The van der Waals surface area contributed by atoms with Gasteiger partial charge in [0.2, 0.25) is 5.91 Å². The number of anilines is 1. The molecule has 3 heteroatoms. The summed E-state index contributed by atoms with van der Waals surface area (Å²) >= 11 is 0. The summed E-state index contributed by atoms with van der Waals surface area (Å²) < 4.78 is 0. The molecule has 1 heterocycles. The number of pyridine rings is 1. The molecule has 1 fully saturated rings. The van der Waals surface area contributed by atoms with Crippen molar-refractivity contribution in [2.75, 3.05) is 5.32 Å². The Hall–Kier alpha value is -1.38. The number of carbonyl (C=O) groups is 1. The summed E-state index contributed by atoms with van der Waals surface area (Å²) in [5.41, 5.74) is 1.42. The minimum atomic E-state index is 0.134. The van der Waals surface area contributed by atoms with Gasteiger partial charge in [0.15, 0.2) is 0 Å². The second kappa shape index (κ2) is 6.39. The first kappa shape index (κ1) is 17.0. The molecule has 1 aromatic rings. The van der Waals surface area contributed by atoms with E-state index in [1.807, 2.05) is 12.1 Å². The molecule has 0 aromatic carbocycles. The van der Waals surface area contributed by atoms with Crippen molar-refractivity contribution in [1.82, 2.24) is 4.98 Å². The van der Waals surface area contributed by atoms with Crippen LogP contribution >= 0.6 is 0 Å². The minimum absolute atomic E-state index is 0.134. The van der Waals surface area contributed by atoms with Crippen LogP contribution in [0.5, 0.6) is 0 Å². The monoisotopic (exact) mass is 302 g/mol. The van der Waals surface area contributed by atoms with Crippen molar-refractivity contribution >= 4 is 11.6 Å². The lowest BCUT2D eigenvalue weighted by Gasteiger charge is -2.52. The van der Waals surface area contributed by atoms with Gasteiger partial charge in [0.1, 0.15) is 0 Å². The van der Waals surface area contributed by atoms with E-state index in [9.17, 15) is 4.79 Å². The Morgan fingerprint density at radius 1 is 1.32 bits per heavy atom. The van der Waals surface area contributed by atoms with E-state index in [-0.39, 0.29) is 17.2 Å². The van der Waals surface area contributed by atoms with Crippen molar-refractivity contribution in [1.29, 1.82) is 0 Å². The highest BCUT2D eigenvalue weighted by Gasteiger charge is 2.47. The minimum Gasteiger partial charge on any atom is -0.324 e. The lowest BCUT2D eigenvalue weighted by atomic mass is 9.53. The summed E-state index contributed by atoms with van der Waals surface area (Å²) in [5, 5.41) is 3.01. The van der Waals surface area contributed by atoms with Crippen LogP contribution in [0, 0.1) is 22.7 Å². The molecule has 1 aliphatic carbocycles. The van der Waals surface area contributed by atoms with Gasteiger partial charge in [0.25, 0.3) is 0 Å². The van der Waals surface area contributed by atoms with Gasteiger partial charge in [-0.3, -0.25) is 9.78 Å². The number of hydrogen-bond acceptors (Lipinski definition) is 2. The van der Waals surface area contributed by atoms with Crippen LogP contribution in [0.2, 0.25) is 0 Å². The number of aromatic nitrogens is 1. The Bertz CT molecular complexity index is 494. The molecule has 1 saturated carbocycles. The Balaban J connectivity index is 2.01. The van der Waals surface area contributed by atoms with E-state index < -0.39 is 0 Å². The van der Waals surface area contributed by atoms with Crippen LogP contribution < -0.4 is 5.32 Å². The van der Waals surface area contributed by atoms with Crippen molar-refractivity contribution in [3.05, 3.63) is 24.5 Å². The molecule has 0 bridgehead atoms. The summed E-state index contributed by atoms with van der Waals surface area (Å²) in [6.07, 6.45) is 7.67. The molecular formula is C19H30N2O. The lowest BCUT2D eigenvalue weighted by molar-refractivity contribution is -0.123. The maximum absolute atomic E-state index is 12.5. The van der Waals surface area contributed by atoms with E-state index in [4.69, 9.17) is 0 Å². The summed E-state index contributed by atoms with van der Waals surface area (Å²) in [6.45, 7) is 11.7. The molecule has 0 aliphatic heterocycles. The first-order chi connectivity index (χ1) is 10.3. The lowest BCUT2D eigenvalue weighted by Crippen LogP contribution is -2.44. The van der Waals surface area contributed by atoms with Crippen LogP contribution in [0.4, 0.5) is 5.69 Å².